The number of halogens is 4. The van der Waals surface area contributed by atoms with E-state index in [1.54, 1.807) is 47.4 Å². The third kappa shape index (κ3) is 33.9. The fraction of sp³-hybridized carbons (Fsp3) is 0.270. The molecule has 0 amide bonds. The van der Waals surface area contributed by atoms with Gasteiger partial charge in [0.25, 0.3) is 11.4 Å². The van der Waals surface area contributed by atoms with Gasteiger partial charge in [0.1, 0.15) is 10.6 Å². The van der Waals surface area contributed by atoms with Crippen LogP contribution in [0.1, 0.15) is 67.9 Å². The highest BCUT2D eigenvalue weighted by molar-refractivity contribution is 14.3. The number of rotatable bonds is 2. The van der Waals surface area contributed by atoms with Crippen LogP contribution in [0, 0.1) is 30.5 Å². The standard InChI is InChI=1S/C9H9N.C6H6N2O2.C6H8N2.C6H5NO2.4C2H6.CBrN.CHI3.H2/c10-9-5-7-3-1-2-4-8(7)6-9;7-5-3-1-2-4-6(5)8(9)10;7-5-3-1-2-4-6(5)8;8-7(9)6-4-2-1-3-5-6;4*1-2;2-1-3;2-1(3)4;/h1-5H,6,10H2;1-4H,7H2;1-4H,7-8H2;1-5H;4*1-2H3;;1H;1H. The molecular weight excluding hydrogens is 1070 g/mol. The Morgan fingerprint density at radius 3 is 1.31 bits per heavy atom. The molecule has 5 rings (SSSR count). The van der Waals surface area contributed by atoms with Crippen molar-refractivity contribution in [3.05, 3.63) is 140 Å². The van der Waals surface area contributed by atoms with Gasteiger partial charge in [-0.15, -0.1) is 0 Å². The van der Waals surface area contributed by atoms with E-state index in [0.29, 0.717) is 11.4 Å². The van der Waals surface area contributed by atoms with E-state index in [1.165, 1.54) is 35.4 Å². The Morgan fingerprint density at radius 2 is 1.00 bits per heavy atom. The van der Waals surface area contributed by atoms with Gasteiger partial charge >= 0.3 is 0 Å². The second-order valence-corrected chi connectivity index (χ2v) is 19.2. The summed E-state index contributed by atoms with van der Waals surface area (Å²) >= 11 is 9.40. The first kappa shape index (κ1) is 58.1. The van der Waals surface area contributed by atoms with E-state index in [-0.39, 0.29) is 18.5 Å². The number of non-ortho nitro benzene ring substituents is 1. The van der Waals surface area contributed by atoms with Gasteiger partial charge in [-0.1, -0.05) is 190 Å². The lowest BCUT2D eigenvalue weighted by Gasteiger charge is -1.94. The minimum absolute atomic E-state index is 0. The third-order valence-corrected chi connectivity index (χ3v) is 4.89. The molecule has 4 aromatic rings. The van der Waals surface area contributed by atoms with Crippen molar-refractivity contribution in [1.29, 1.82) is 5.26 Å². The summed E-state index contributed by atoms with van der Waals surface area (Å²) in [5.74, 6) is 0. The first-order valence-electron chi connectivity index (χ1n) is 16.1. The first-order valence-corrected chi connectivity index (χ1v) is 20.6. The van der Waals surface area contributed by atoms with Crippen molar-refractivity contribution in [1.82, 2.24) is 0 Å². The molecule has 0 heterocycles. The molecule has 290 valence electrons. The molecule has 0 radical (unpaired) electrons. The molecule has 52 heavy (non-hydrogen) atoms. The van der Waals surface area contributed by atoms with Crippen LogP contribution in [0.2, 0.25) is 0 Å². The number of anilines is 3. The largest absolute Gasteiger partial charge is 0.402 e. The quantitative estimate of drug-likeness (QED) is 0.0493. The number of nitrogen functional groups attached to an aromatic ring is 3. The van der Waals surface area contributed by atoms with Crippen LogP contribution in [-0.4, -0.2) is 9.78 Å². The highest BCUT2D eigenvalue weighted by Crippen LogP contribution is 2.21. The van der Waals surface area contributed by atoms with Crippen LogP contribution in [0.4, 0.5) is 28.4 Å². The van der Waals surface area contributed by atoms with Gasteiger partial charge in [-0.05, 0) is 35.4 Å². The lowest BCUT2D eigenvalue weighted by atomic mass is 10.1. The molecule has 1 aliphatic carbocycles. The number of nitrogens with two attached hydrogens (primary N) is 4. The average Bonchev–Trinajstić information content (AvgIpc) is 3.54. The summed E-state index contributed by atoms with van der Waals surface area (Å²) in [5.41, 5.74) is 26.9. The third-order valence-electron chi connectivity index (χ3n) is 4.89. The van der Waals surface area contributed by atoms with Crippen molar-refractivity contribution in [2.45, 2.75) is 61.7 Å². The van der Waals surface area contributed by atoms with Crippen molar-refractivity contribution in [3.8, 4) is 4.98 Å². The molecule has 1 aliphatic rings. The smallest absolute Gasteiger partial charge is 0.292 e. The number of benzene rings is 4. The monoisotopic (exact) mass is 1120 g/mol. The Bertz CT molecular complexity index is 1510. The van der Waals surface area contributed by atoms with Crippen LogP contribution in [0.5, 0.6) is 0 Å². The van der Waals surface area contributed by atoms with Crippen LogP contribution in [-0.2, 0) is 6.42 Å². The first-order chi connectivity index (χ1) is 24.8. The van der Waals surface area contributed by atoms with Crippen molar-refractivity contribution in [2.24, 2.45) is 5.73 Å². The van der Waals surface area contributed by atoms with E-state index in [9.17, 15) is 20.2 Å². The summed E-state index contributed by atoms with van der Waals surface area (Å²) in [4.78, 5) is 20.8. The van der Waals surface area contributed by atoms with Crippen molar-refractivity contribution in [2.75, 3.05) is 17.2 Å². The lowest BCUT2D eigenvalue weighted by molar-refractivity contribution is -0.384. The molecule has 0 unspecified atom stereocenters. The molecular formula is C37H55BrI3N7O4. The summed E-state index contributed by atoms with van der Waals surface area (Å²) in [6, 6.07) is 29.6. The summed E-state index contributed by atoms with van der Waals surface area (Å²) in [6.07, 6.45) is 2.96. The Morgan fingerprint density at radius 1 is 0.654 bits per heavy atom. The second-order valence-electron chi connectivity index (χ2n) is 7.96. The number of para-hydroxylation sites is 5. The zero-order chi connectivity index (χ0) is 41.5. The molecule has 0 saturated heterocycles. The lowest BCUT2D eigenvalue weighted by Crippen LogP contribution is -1.94. The molecule has 0 bridgehead atoms. The molecule has 0 spiro atoms. The van der Waals surface area contributed by atoms with Crippen LogP contribution in [0.3, 0.4) is 0 Å². The number of nitro groups is 2. The van der Waals surface area contributed by atoms with Crippen molar-refractivity contribution < 1.29 is 11.3 Å². The van der Waals surface area contributed by atoms with Crippen molar-refractivity contribution in [3.63, 3.8) is 0 Å². The fourth-order valence-electron chi connectivity index (χ4n) is 3.02. The van der Waals surface area contributed by atoms with Gasteiger partial charge in [0.05, 0.1) is 21.2 Å². The highest BCUT2D eigenvalue weighted by atomic mass is 127. The van der Waals surface area contributed by atoms with Gasteiger partial charge in [0.15, 0.2) is 0 Å². The van der Waals surface area contributed by atoms with E-state index in [2.05, 4.69) is 95.8 Å². The zero-order valence-corrected chi connectivity index (χ0v) is 39.0. The molecule has 8 N–H and O–H groups in total. The minimum Gasteiger partial charge on any atom is -0.402 e. The zero-order valence-electron chi connectivity index (χ0n) is 31.0. The van der Waals surface area contributed by atoms with Gasteiger partial charge in [0, 0.05) is 47.7 Å². The minimum atomic E-state index is -0.505. The number of nitrogens with zero attached hydrogens (tertiary/aromatic N) is 3. The Labute approximate surface area is 361 Å². The predicted molar refractivity (Wildman–Crippen MR) is 256 cm³/mol. The summed E-state index contributed by atoms with van der Waals surface area (Å²) in [7, 11) is 0. The fourth-order valence-corrected chi connectivity index (χ4v) is 3.02. The normalized spacial score (nSPS) is 8.81. The summed E-state index contributed by atoms with van der Waals surface area (Å²) in [6.45, 7) is 16.0. The predicted octanol–water partition coefficient (Wildman–Crippen LogP) is 13.0. The molecule has 0 saturated carbocycles. The number of hydrogen-bond acceptors (Lipinski definition) is 9. The molecule has 0 aromatic heterocycles. The van der Waals surface area contributed by atoms with Gasteiger partial charge < -0.3 is 22.9 Å². The molecule has 11 nitrogen and oxygen atoms in total. The van der Waals surface area contributed by atoms with Crippen LogP contribution in [0.15, 0.2) is 109 Å². The van der Waals surface area contributed by atoms with E-state index in [1.807, 2.05) is 85.7 Å². The maximum atomic E-state index is 10.1. The number of allylic oxidation sites excluding steroid dienone is 1. The summed E-state index contributed by atoms with van der Waals surface area (Å²) < 4.78 is 0.743. The number of nitriles is 1. The average molecular weight is 1120 g/mol. The topological polar surface area (TPSA) is 214 Å². The van der Waals surface area contributed by atoms with Crippen LogP contribution >= 0.6 is 83.7 Å². The Kier molecular flexibility index (Phi) is 47.1. The molecule has 4 aromatic carbocycles. The van der Waals surface area contributed by atoms with Gasteiger partial charge in [0.2, 0.25) is 0 Å². The van der Waals surface area contributed by atoms with Crippen LogP contribution in [0.25, 0.3) is 6.08 Å². The highest BCUT2D eigenvalue weighted by Gasteiger charge is 2.08. The molecule has 0 aliphatic heterocycles. The van der Waals surface area contributed by atoms with Crippen molar-refractivity contribution >= 4 is 118 Å². The van der Waals surface area contributed by atoms with Gasteiger partial charge in [-0.25, -0.2) is 0 Å². The number of hydrogen-bond donors (Lipinski definition) is 4. The molecule has 0 fully saturated rings. The summed E-state index contributed by atoms with van der Waals surface area (Å²) in [5, 5.41) is 27.4. The SMILES string of the molecule is CC.CC.CC.CC.IC(I)I.N#CBr.NC1=Cc2ccccc2C1.Nc1ccccc1N.Nc1ccccc1[N+](=O)[O-].O=[N+]([O-])c1ccccc1.[HH]. The molecule has 0 atom stereocenters. The van der Waals surface area contributed by atoms with E-state index in [4.69, 9.17) is 28.2 Å². The number of nitro benzene ring substituents is 2. The van der Waals surface area contributed by atoms with Gasteiger partial charge in [-0.2, -0.15) is 5.26 Å². The van der Waals surface area contributed by atoms with Crippen LogP contribution < -0.4 is 22.9 Å². The Balaban J connectivity index is -0.000000123. The maximum Gasteiger partial charge on any atom is 0.292 e. The number of alkyl halides is 3. The second kappa shape index (κ2) is 42.2. The number of fused-ring (bicyclic) bond motifs is 1. The van der Waals surface area contributed by atoms with E-state index < -0.39 is 9.85 Å². The maximum absolute atomic E-state index is 10.1. The molecule has 15 heteroatoms. The Hall–Kier alpha value is -3.22. The van der Waals surface area contributed by atoms with Gasteiger partial charge in [-0.3, -0.25) is 20.2 Å². The van der Waals surface area contributed by atoms with E-state index >= 15 is 0 Å². The van der Waals surface area contributed by atoms with E-state index in [0.717, 1.165) is 12.1 Å².